The van der Waals surface area contributed by atoms with Gasteiger partial charge in [0, 0.05) is 38.2 Å². The van der Waals surface area contributed by atoms with Gasteiger partial charge in [-0.05, 0) is 40.3 Å². The normalized spacial score (nSPS) is 11.8. The molecular formula is C38H23N3O. The molecule has 0 saturated heterocycles. The van der Waals surface area contributed by atoms with Crippen molar-refractivity contribution in [2.45, 2.75) is 0 Å². The molecule has 0 fully saturated rings. The lowest BCUT2D eigenvalue weighted by atomic mass is 9.97. The Morgan fingerprint density at radius 1 is 0.548 bits per heavy atom. The molecule has 0 atom stereocenters. The van der Waals surface area contributed by atoms with Crippen LogP contribution in [0.2, 0.25) is 0 Å². The molecule has 0 amide bonds. The number of H-pyrrole nitrogens is 1. The zero-order valence-electron chi connectivity index (χ0n) is 22.5. The predicted molar refractivity (Wildman–Crippen MR) is 172 cm³/mol. The second-order valence-electron chi connectivity index (χ2n) is 10.7. The van der Waals surface area contributed by atoms with Crippen molar-refractivity contribution in [3.63, 3.8) is 0 Å². The minimum absolute atomic E-state index is 0.555. The van der Waals surface area contributed by atoms with Gasteiger partial charge in [0.05, 0.1) is 17.4 Å². The molecule has 0 spiro atoms. The molecule has 4 nitrogen and oxygen atoms in total. The summed E-state index contributed by atoms with van der Waals surface area (Å²) >= 11 is 0. The van der Waals surface area contributed by atoms with Gasteiger partial charge in [0.1, 0.15) is 11.1 Å². The number of aromatic nitrogens is 3. The van der Waals surface area contributed by atoms with E-state index in [-0.39, 0.29) is 0 Å². The summed E-state index contributed by atoms with van der Waals surface area (Å²) in [5.74, 6) is 0. The van der Waals surface area contributed by atoms with Gasteiger partial charge in [-0.3, -0.25) is 0 Å². The summed E-state index contributed by atoms with van der Waals surface area (Å²) in [5, 5.41) is 5.69. The van der Waals surface area contributed by atoms with Crippen LogP contribution in [0.3, 0.4) is 0 Å². The molecular weight excluding hydrogens is 514 g/mol. The highest BCUT2D eigenvalue weighted by molar-refractivity contribution is 6.13. The van der Waals surface area contributed by atoms with E-state index in [0.29, 0.717) is 5.71 Å². The number of para-hydroxylation sites is 2. The number of aromatic amines is 1. The highest BCUT2D eigenvalue weighted by Crippen LogP contribution is 2.36. The van der Waals surface area contributed by atoms with Crippen LogP contribution in [0.1, 0.15) is 0 Å². The second kappa shape index (κ2) is 8.88. The lowest BCUT2D eigenvalue weighted by molar-refractivity contribution is 0.657. The first-order valence-electron chi connectivity index (χ1n) is 14.1. The number of fused-ring (bicyclic) bond motifs is 8. The van der Waals surface area contributed by atoms with Crippen LogP contribution in [-0.4, -0.2) is 15.0 Å². The van der Waals surface area contributed by atoms with E-state index in [1.165, 1.54) is 27.4 Å². The summed E-state index contributed by atoms with van der Waals surface area (Å²) in [7, 11) is 0. The van der Waals surface area contributed by atoms with Crippen molar-refractivity contribution in [1.82, 2.24) is 15.0 Å². The zero-order chi connectivity index (χ0) is 27.6. The van der Waals surface area contributed by atoms with Gasteiger partial charge in [0.25, 0.3) is 0 Å². The van der Waals surface area contributed by atoms with Crippen molar-refractivity contribution in [3.8, 4) is 33.5 Å². The monoisotopic (exact) mass is 537 g/mol. The summed E-state index contributed by atoms with van der Waals surface area (Å²) in [6.45, 7) is 0. The predicted octanol–water partition coefficient (Wildman–Crippen LogP) is 10.2. The van der Waals surface area contributed by atoms with Crippen LogP contribution in [0.15, 0.2) is 138 Å². The number of benzene rings is 6. The number of nitrogens with zero attached hydrogens (tertiary/aromatic N) is 2. The molecule has 4 heteroatoms. The molecule has 0 unspecified atom stereocenters. The Labute approximate surface area is 240 Å². The van der Waals surface area contributed by atoms with Gasteiger partial charge in [-0.25, -0.2) is 9.97 Å². The SMILES string of the molecule is c1cc(-c2ccc(-c3cccc4c3[nH]c3ccccc34)cc2)cc(-c2cnc3c(n2)oc2c4ccccc4ccc32)c1. The van der Waals surface area contributed by atoms with Crippen LogP contribution in [0.25, 0.3) is 88.3 Å². The maximum atomic E-state index is 6.27. The molecule has 3 heterocycles. The van der Waals surface area contributed by atoms with Crippen LogP contribution < -0.4 is 0 Å². The van der Waals surface area contributed by atoms with Crippen LogP contribution in [0, 0.1) is 0 Å². The van der Waals surface area contributed by atoms with Gasteiger partial charge in [-0.1, -0.05) is 109 Å². The fourth-order valence-electron chi connectivity index (χ4n) is 6.22. The Hall–Kier alpha value is -5.74. The van der Waals surface area contributed by atoms with E-state index in [9.17, 15) is 0 Å². The van der Waals surface area contributed by atoms with Crippen molar-refractivity contribution in [3.05, 3.63) is 134 Å². The zero-order valence-corrected chi connectivity index (χ0v) is 22.5. The lowest BCUT2D eigenvalue weighted by Gasteiger charge is -2.08. The number of hydrogen-bond donors (Lipinski definition) is 1. The first-order chi connectivity index (χ1) is 20.8. The van der Waals surface area contributed by atoms with Gasteiger partial charge in [0.15, 0.2) is 0 Å². The molecule has 0 bridgehead atoms. The molecule has 0 radical (unpaired) electrons. The van der Waals surface area contributed by atoms with Crippen molar-refractivity contribution in [2.75, 3.05) is 0 Å². The third kappa shape index (κ3) is 3.49. The van der Waals surface area contributed by atoms with E-state index in [4.69, 9.17) is 14.4 Å². The van der Waals surface area contributed by atoms with E-state index in [0.717, 1.165) is 55.2 Å². The van der Waals surface area contributed by atoms with E-state index in [1.807, 2.05) is 18.3 Å². The number of nitrogens with one attached hydrogen (secondary N) is 1. The summed E-state index contributed by atoms with van der Waals surface area (Å²) < 4.78 is 6.27. The van der Waals surface area contributed by atoms with Crippen LogP contribution in [0.5, 0.6) is 0 Å². The number of furan rings is 1. The summed E-state index contributed by atoms with van der Waals surface area (Å²) in [5.41, 5.74) is 10.9. The van der Waals surface area contributed by atoms with Crippen molar-refractivity contribution >= 4 is 54.8 Å². The highest BCUT2D eigenvalue weighted by atomic mass is 16.3. The lowest BCUT2D eigenvalue weighted by Crippen LogP contribution is -1.88. The molecule has 9 aromatic rings. The molecule has 0 saturated carbocycles. The quantitative estimate of drug-likeness (QED) is 0.244. The first-order valence-corrected chi connectivity index (χ1v) is 14.1. The van der Waals surface area contributed by atoms with E-state index < -0.39 is 0 Å². The molecule has 42 heavy (non-hydrogen) atoms. The average Bonchev–Trinajstić information content (AvgIpc) is 3.63. The summed E-state index contributed by atoms with van der Waals surface area (Å²) in [6, 6.07) is 44.6. The van der Waals surface area contributed by atoms with Crippen molar-refractivity contribution in [2.24, 2.45) is 0 Å². The second-order valence-corrected chi connectivity index (χ2v) is 10.7. The van der Waals surface area contributed by atoms with Gasteiger partial charge in [0.2, 0.25) is 5.71 Å². The average molecular weight is 538 g/mol. The van der Waals surface area contributed by atoms with E-state index in [1.54, 1.807) is 0 Å². The number of rotatable bonds is 3. The molecule has 0 aliphatic heterocycles. The molecule has 3 aromatic heterocycles. The Morgan fingerprint density at radius 2 is 1.31 bits per heavy atom. The Morgan fingerprint density at radius 3 is 2.24 bits per heavy atom. The maximum absolute atomic E-state index is 6.27. The fourth-order valence-corrected chi connectivity index (χ4v) is 6.22. The van der Waals surface area contributed by atoms with Crippen LogP contribution in [-0.2, 0) is 0 Å². The molecule has 0 aliphatic carbocycles. The molecule has 9 rings (SSSR count). The molecule has 1 N–H and O–H groups in total. The fraction of sp³-hybridized carbons (Fsp3) is 0. The Balaban J connectivity index is 1.08. The van der Waals surface area contributed by atoms with E-state index in [2.05, 4.69) is 120 Å². The molecule has 0 aliphatic rings. The van der Waals surface area contributed by atoms with Gasteiger partial charge in [-0.2, -0.15) is 0 Å². The minimum Gasteiger partial charge on any atom is -0.436 e. The third-order valence-electron chi connectivity index (χ3n) is 8.30. The first kappa shape index (κ1) is 23.0. The summed E-state index contributed by atoms with van der Waals surface area (Å²) in [4.78, 5) is 13.3. The van der Waals surface area contributed by atoms with Gasteiger partial charge in [-0.15, -0.1) is 0 Å². The highest BCUT2D eigenvalue weighted by Gasteiger charge is 2.14. The topological polar surface area (TPSA) is 54.7 Å². The van der Waals surface area contributed by atoms with Crippen LogP contribution in [0.4, 0.5) is 0 Å². The van der Waals surface area contributed by atoms with E-state index >= 15 is 0 Å². The van der Waals surface area contributed by atoms with Gasteiger partial charge < -0.3 is 9.40 Å². The summed E-state index contributed by atoms with van der Waals surface area (Å²) in [6.07, 6.45) is 1.84. The van der Waals surface area contributed by atoms with Crippen LogP contribution >= 0.6 is 0 Å². The molecule has 196 valence electrons. The smallest absolute Gasteiger partial charge is 0.246 e. The number of hydrogen-bond acceptors (Lipinski definition) is 3. The minimum atomic E-state index is 0.555. The third-order valence-corrected chi connectivity index (χ3v) is 8.30. The van der Waals surface area contributed by atoms with Gasteiger partial charge >= 0.3 is 0 Å². The Bertz CT molecular complexity index is 2470. The van der Waals surface area contributed by atoms with Crippen molar-refractivity contribution in [1.29, 1.82) is 0 Å². The van der Waals surface area contributed by atoms with Crippen molar-refractivity contribution < 1.29 is 4.42 Å². The molecule has 6 aromatic carbocycles. The largest absolute Gasteiger partial charge is 0.436 e. The Kier molecular flexibility index (Phi) is 4.87. The standard InChI is InChI=1S/C38H23N3O/c1-2-10-29-24(7-1)19-20-32-36-38(42-37(29)32)41-34(22-39-36)27-9-5-8-26(21-27)23-15-17-25(18-16-23)28-12-6-13-31-30-11-3-4-14-33(30)40-35(28)31/h1-22,40H. The maximum Gasteiger partial charge on any atom is 0.246 e.